The first-order valence-corrected chi connectivity index (χ1v) is 5.43. The Balaban J connectivity index is 2.68. The van der Waals surface area contributed by atoms with Crippen LogP contribution in [0.1, 0.15) is 16.1 Å². The van der Waals surface area contributed by atoms with Crippen LogP contribution in [-0.4, -0.2) is 20.9 Å². The lowest BCUT2D eigenvalue weighted by atomic mass is 10.2. The Bertz CT molecular complexity index is 682. The molecule has 20 heavy (non-hydrogen) atoms. The molecule has 0 saturated carbocycles. The van der Waals surface area contributed by atoms with E-state index in [0.717, 1.165) is 18.2 Å². The molecule has 0 amide bonds. The van der Waals surface area contributed by atoms with Gasteiger partial charge in [0.25, 0.3) is 0 Å². The number of halogens is 5. The third kappa shape index (κ3) is 2.46. The van der Waals surface area contributed by atoms with Crippen molar-refractivity contribution in [1.82, 2.24) is 9.78 Å². The molecule has 0 unspecified atom stereocenters. The molecular weight excluding hydrogens is 304 g/mol. The van der Waals surface area contributed by atoms with Crippen LogP contribution in [0.5, 0.6) is 0 Å². The van der Waals surface area contributed by atoms with Gasteiger partial charge >= 0.3 is 12.1 Å². The second-order valence-electron chi connectivity index (χ2n) is 3.72. The monoisotopic (exact) mass is 308 g/mol. The highest BCUT2D eigenvalue weighted by atomic mass is 35.5. The molecule has 0 aliphatic rings. The van der Waals surface area contributed by atoms with Gasteiger partial charge in [-0.05, 0) is 12.1 Å². The highest BCUT2D eigenvalue weighted by molar-refractivity contribution is 6.30. The molecule has 0 bridgehead atoms. The average Bonchev–Trinajstić information content (AvgIpc) is 2.77. The van der Waals surface area contributed by atoms with E-state index in [-0.39, 0.29) is 10.7 Å². The molecule has 2 rings (SSSR count). The molecule has 1 aromatic heterocycles. The van der Waals surface area contributed by atoms with Crippen molar-refractivity contribution in [2.45, 2.75) is 6.18 Å². The van der Waals surface area contributed by atoms with E-state index >= 15 is 0 Å². The maximum Gasteiger partial charge on any atom is 0.434 e. The molecule has 0 fully saturated rings. The number of aromatic carboxylic acids is 1. The van der Waals surface area contributed by atoms with E-state index in [2.05, 4.69) is 5.10 Å². The van der Waals surface area contributed by atoms with Crippen LogP contribution >= 0.6 is 11.6 Å². The van der Waals surface area contributed by atoms with Crippen LogP contribution < -0.4 is 0 Å². The topological polar surface area (TPSA) is 55.1 Å². The zero-order valence-electron chi connectivity index (χ0n) is 9.45. The summed E-state index contributed by atoms with van der Waals surface area (Å²) in [5.41, 5.74) is -2.80. The highest BCUT2D eigenvalue weighted by Crippen LogP contribution is 2.34. The number of aromatic nitrogens is 2. The third-order valence-electron chi connectivity index (χ3n) is 2.42. The van der Waals surface area contributed by atoms with Gasteiger partial charge in [-0.3, -0.25) is 0 Å². The number of hydrogen-bond acceptors (Lipinski definition) is 2. The predicted octanol–water partition coefficient (Wildman–Crippen LogP) is 3.38. The SMILES string of the molecule is O=C(O)c1cnn(-c2ccc(Cl)c(F)c2)c1C(F)(F)F. The third-order valence-corrected chi connectivity index (χ3v) is 2.72. The fraction of sp³-hybridized carbons (Fsp3) is 0.0909. The molecule has 0 aliphatic carbocycles. The number of carbonyl (C=O) groups is 1. The summed E-state index contributed by atoms with van der Waals surface area (Å²) in [6.45, 7) is 0. The number of carboxylic acid groups (broad SMARTS) is 1. The van der Waals surface area contributed by atoms with Crippen LogP contribution in [0.2, 0.25) is 5.02 Å². The summed E-state index contributed by atoms with van der Waals surface area (Å²) in [6.07, 6.45) is -4.40. The summed E-state index contributed by atoms with van der Waals surface area (Å²) in [4.78, 5) is 10.8. The van der Waals surface area contributed by atoms with Gasteiger partial charge in [-0.2, -0.15) is 18.3 Å². The average molecular weight is 309 g/mol. The van der Waals surface area contributed by atoms with Crippen molar-refractivity contribution in [2.24, 2.45) is 0 Å². The first kappa shape index (κ1) is 14.3. The van der Waals surface area contributed by atoms with Crippen LogP contribution in [0.4, 0.5) is 17.6 Å². The van der Waals surface area contributed by atoms with Crippen molar-refractivity contribution in [1.29, 1.82) is 0 Å². The van der Waals surface area contributed by atoms with E-state index in [1.54, 1.807) is 0 Å². The number of alkyl halides is 3. The summed E-state index contributed by atoms with van der Waals surface area (Å²) < 4.78 is 52.4. The van der Waals surface area contributed by atoms with E-state index < -0.39 is 29.2 Å². The Morgan fingerprint density at radius 2 is 2.00 bits per heavy atom. The molecule has 4 nitrogen and oxygen atoms in total. The van der Waals surface area contributed by atoms with E-state index in [1.807, 2.05) is 0 Å². The lowest BCUT2D eigenvalue weighted by Gasteiger charge is -2.11. The van der Waals surface area contributed by atoms with Crippen LogP contribution in [0.15, 0.2) is 24.4 Å². The van der Waals surface area contributed by atoms with E-state index in [9.17, 15) is 22.4 Å². The van der Waals surface area contributed by atoms with Crippen molar-refractivity contribution >= 4 is 17.6 Å². The maximum absolute atomic E-state index is 13.3. The minimum atomic E-state index is -4.96. The Morgan fingerprint density at radius 1 is 1.35 bits per heavy atom. The molecule has 106 valence electrons. The van der Waals surface area contributed by atoms with Gasteiger partial charge in [-0.15, -0.1) is 0 Å². The quantitative estimate of drug-likeness (QED) is 0.865. The standard InChI is InChI=1S/C11H5ClF4N2O2/c12-7-2-1-5(3-8(7)13)18-9(11(14,15)16)6(4-17-18)10(19)20/h1-4H,(H,19,20). The number of hydrogen-bond donors (Lipinski definition) is 1. The summed E-state index contributed by atoms with van der Waals surface area (Å²) >= 11 is 5.43. The smallest absolute Gasteiger partial charge is 0.434 e. The second-order valence-corrected chi connectivity index (χ2v) is 4.13. The molecule has 1 N–H and O–H groups in total. The summed E-state index contributed by atoms with van der Waals surface area (Å²) in [6, 6.07) is 2.88. The Morgan fingerprint density at radius 3 is 2.50 bits per heavy atom. The molecule has 9 heteroatoms. The van der Waals surface area contributed by atoms with Gasteiger partial charge in [0.15, 0.2) is 5.69 Å². The number of benzene rings is 1. The van der Waals surface area contributed by atoms with Crippen molar-refractivity contribution in [3.8, 4) is 5.69 Å². The lowest BCUT2D eigenvalue weighted by molar-refractivity contribution is -0.143. The summed E-state index contributed by atoms with van der Waals surface area (Å²) in [7, 11) is 0. The van der Waals surface area contributed by atoms with E-state index in [4.69, 9.17) is 16.7 Å². The Kier molecular flexibility index (Phi) is 3.43. The van der Waals surface area contributed by atoms with Gasteiger partial charge in [0.1, 0.15) is 11.4 Å². The number of carboxylic acids is 1. The molecule has 0 radical (unpaired) electrons. The molecule has 0 spiro atoms. The fourth-order valence-electron chi connectivity index (χ4n) is 1.59. The largest absolute Gasteiger partial charge is 0.478 e. The van der Waals surface area contributed by atoms with Crippen molar-refractivity contribution in [3.05, 3.63) is 46.5 Å². The van der Waals surface area contributed by atoms with Gasteiger partial charge in [0, 0.05) is 6.07 Å². The zero-order chi connectivity index (χ0) is 15.1. The Labute approximate surface area is 114 Å². The van der Waals surface area contributed by atoms with E-state index in [0.29, 0.717) is 10.9 Å². The first-order valence-electron chi connectivity index (χ1n) is 5.05. The Hall–Kier alpha value is -2.09. The predicted molar refractivity (Wildman–Crippen MR) is 60.5 cm³/mol. The lowest BCUT2D eigenvalue weighted by Crippen LogP contribution is -2.17. The molecule has 2 aromatic rings. The summed E-state index contributed by atoms with van der Waals surface area (Å²) in [5, 5.41) is 11.8. The van der Waals surface area contributed by atoms with Crippen LogP contribution in [0.25, 0.3) is 5.69 Å². The van der Waals surface area contributed by atoms with Crippen LogP contribution in [0, 0.1) is 5.82 Å². The molecular formula is C11H5ClF4N2O2. The van der Waals surface area contributed by atoms with Gasteiger partial charge < -0.3 is 5.11 Å². The van der Waals surface area contributed by atoms with Crippen molar-refractivity contribution in [3.63, 3.8) is 0 Å². The highest BCUT2D eigenvalue weighted by Gasteiger charge is 2.40. The fourth-order valence-corrected chi connectivity index (χ4v) is 1.71. The molecule has 0 saturated heterocycles. The molecule has 1 heterocycles. The van der Waals surface area contributed by atoms with Gasteiger partial charge in [-0.1, -0.05) is 11.6 Å². The maximum atomic E-state index is 13.3. The zero-order valence-corrected chi connectivity index (χ0v) is 10.2. The van der Waals surface area contributed by atoms with Crippen molar-refractivity contribution in [2.75, 3.05) is 0 Å². The summed E-state index contributed by atoms with van der Waals surface area (Å²) in [5.74, 6) is -2.72. The van der Waals surface area contributed by atoms with Crippen LogP contribution in [-0.2, 0) is 6.18 Å². The minimum absolute atomic E-state index is 0.270. The number of rotatable bonds is 2. The molecule has 0 aliphatic heterocycles. The molecule has 1 aromatic carbocycles. The molecule has 0 atom stereocenters. The van der Waals surface area contributed by atoms with Gasteiger partial charge in [0.05, 0.1) is 16.9 Å². The van der Waals surface area contributed by atoms with Gasteiger partial charge in [-0.25, -0.2) is 13.9 Å². The minimum Gasteiger partial charge on any atom is -0.478 e. The van der Waals surface area contributed by atoms with Crippen molar-refractivity contribution < 1.29 is 27.5 Å². The second kappa shape index (κ2) is 4.78. The first-order chi connectivity index (χ1) is 9.21. The number of nitrogens with zero attached hydrogens (tertiary/aromatic N) is 2. The normalized spacial score (nSPS) is 11.7. The van der Waals surface area contributed by atoms with Crippen LogP contribution in [0.3, 0.4) is 0 Å². The van der Waals surface area contributed by atoms with E-state index in [1.165, 1.54) is 0 Å². The van der Waals surface area contributed by atoms with Gasteiger partial charge in [0.2, 0.25) is 0 Å².